The molecule has 0 aromatic carbocycles. The van der Waals surface area contributed by atoms with Crippen molar-refractivity contribution < 1.29 is 14.3 Å². The van der Waals surface area contributed by atoms with Gasteiger partial charge < -0.3 is 15.2 Å². The Balaban J connectivity index is 2.01. The number of ether oxygens (including phenoxy) is 2. The van der Waals surface area contributed by atoms with E-state index in [9.17, 15) is 4.79 Å². The molecule has 17 heavy (non-hydrogen) atoms. The van der Waals surface area contributed by atoms with Gasteiger partial charge in [-0.25, -0.2) is 0 Å². The Hall–Kier alpha value is -0.610. The summed E-state index contributed by atoms with van der Waals surface area (Å²) < 4.78 is 10.9. The standard InChI is InChI=1S/C13H25NO3/c1-2-16-9-11-3-5-12(6-4-11)10-17-8-7-13(14)15/h11-12H,2-10H2,1H3,(H2,14,15). The van der Waals surface area contributed by atoms with E-state index in [-0.39, 0.29) is 5.91 Å². The number of primary amides is 1. The van der Waals surface area contributed by atoms with E-state index in [1.807, 2.05) is 6.92 Å². The third-order valence-electron chi connectivity index (χ3n) is 3.37. The minimum atomic E-state index is -0.287. The molecule has 4 heteroatoms. The van der Waals surface area contributed by atoms with Gasteiger partial charge in [-0.05, 0) is 44.4 Å². The Kier molecular flexibility index (Phi) is 7.21. The molecule has 1 amide bonds. The van der Waals surface area contributed by atoms with Crippen molar-refractivity contribution in [3.63, 3.8) is 0 Å². The van der Waals surface area contributed by atoms with Crippen LogP contribution < -0.4 is 5.73 Å². The van der Waals surface area contributed by atoms with Crippen molar-refractivity contribution in [2.24, 2.45) is 17.6 Å². The van der Waals surface area contributed by atoms with Gasteiger partial charge in [-0.15, -0.1) is 0 Å². The monoisotopic (exact) mass is 243 g/mol. The fourth-order valence-corrected chi connectivity index (χ4v) is 2.27. The van der Waals surface area contributed by atoms with Crippen LogP contribution in [0.3, 0.4) is 0 Å². The van der Waals surface area contributed by atoms with Crippen LogP contribution in [0.2, 0.25) is 0 Å². The van der Waals surface area contributed by atoms with Gasteiger partial charge in [0, 0.05) is 26.2 Å². The highest BCUT2D eigenvalue weighted by molar-refractivity contribution is 5.73. The number of hydrogen-bond acceptors (Lipinski definition) is 3. The van der Waals surface area contributed by atoms with Crippen molar-refractivity contribution in [1.82, 2.24) is 0 Å². The van der Waals surface area contributed by atoms with E-state index in [1.165, 1.54) is 25.7 Å². The second-order valence-electron chi connectivity index (χ2n) is 4.84. The maximum Gasteiger partial charge on any atom is 0.219 e. The Morgan fingerprint density at radius 2 is 1.65 bits per heavy atom. The van der Waals surface area contributed by atoms with Crippen LogP contribution in [0.5, 0.6) is 0 Å². The number of rotatable bonds is 8. The molecule has 1 saturated carbocycles. The molecule has 0 radical (unpaired) electrons. The highest BCUT2D eigenvalue weighted by Crippen LogP contribution is 2.29. The van der Waals surface area contributed by atoms with Gasteiger partial charge in [0.15, 0.2) is 0 Å². The Bertz CT molecular complexity index is 213. The summed E-state index contributed by atoms with van der Waals surface area (Å²) in [6.07, 6.45) is 5.25. The number of carbonyl (C=O) groups is 1. The van der Waals surface area contributed by atoms with E-state index in [4.69, 9.17) is 15.2 Å². The van der Waals surface area contributed by atoms with Gasteiger partial charge in [0.05, 0.1) is 6.61 Å². The maximum absolute atomic E-state index is 10.5. The molecule has 0 saturated heterocycles. The number of carbonyl (C=O) groups excluding carboxylic acids is 1. The van der Waals surface area contributed by atoms with Crippen molar-refractivity contribution in [3.8, 4) is 0 Å². The van der Waals surface area contributed by atoms with Crippen molar-refractivity contribution >= 4 is 5.91 Å². The van der Waals surface area contributed by atoms with E-state index in [0.29, 0.717) is 18.9 Å². The summed E-state index contributed by atoms with van der Waals surface area (Å²) in [4.78, 5) is 10.5. The fourth-order valence-electron chi connectivity index (χ4n) is 2.27. The first-order valence-corrected chi connectivity index (χ1v) is 6.66. The predicted octanol–water partition coefficient (Wildman–Crippen LogP) is 1.72. The summed E-state index contributed by atoms with van der Waals surface area (Å²) in [6.45, 7) is 5.00. The summed E-state index contributed by atoms with van der Waals surface area (Å²) >= 11 is 0. The molecule has 1 aliphatic carbocycles. The molecule has 100 valence electrons. The zero-order valence-corrected chi connectivity index (χ0v) is 10.8. The zero-order valence-electron chi connectivity index (χ0n) is 10.8. The van der Waals surface area contributed by atoms with E-state index < -0.39 is 0 Å². The topological polar surface area (TPSA) is 61.6 Å². The third-order valence-corrected chi connectivity index (χ3v) is 3.37. The zero-order chi connectivity index (χ0) is 12.5. The molecular weight excluding hydrogens is 218 g/mol. The Morgan fingerprint density at radius 1 is 1.12 bits per heavy atom. The molecule has 0 aliphatic heterocycles. The molecule has 0 unspecified atom stereocenters. The van der Waals surface area contributed by atoms with Crippen molar-refractivity contribution in [3.05, 3.63) is 0 Å². The van der Waals surface area contributed by atoms with Crippen molar-refractivity contribution in [2.45, 2.75) is 39.0 Å². The highest BCUT2D eigenvalue weighted by Gasteiger charge is 2.21. The smallest absolute Gasteiger partial charge is 0.219 e. The lowest BCUT2D eigenvalue weighted by Crippen LogP contribution is -2.22. The highest BCUT2D eigenvalue weighted by atomic mass is 16.5. The average molecular weight is 243 g/mol. The van der Waals surface area contributed by atoms with Crippen molar-refractivity contribution in [2.75, 3.05) is 26.4 Å². The molecule has 0 heterocycles. The molecule has 0 aromatic heterocycles. The van der Waals surface area contributed by atoms with Crippen LogP contribution in [-0.2, 0) is 14.3 Å². The summed E-state index contributed by atoms with van der Waals surface area (Å²) in [6, 6.07) is 0. The molecule has 1 aliphatic rings. The minimum absolute atomic E-state index is 0.287. The molecule has 1 fully saturated rings. The second kappa shape index (κ2) is 8.48. The molecule has 1 rings (SSSR count). The molecule has 2 N–H and O–H groups in total. The minimum Gasteiger partial charge on any atom is -0.381 e. The van der Waals surface area contributed by atoms with Gasteiger partial charge >= 0.3 is 0 Å². The van der Waals surface area contributed by atoms with Crippen LogP contribution in [0, 0.1) is 11.8 Å². The van der Waals surface area contributed by atoms with Crippen LogP contribution in [0.1, 0.15) is 39.0 Å². The SMILES string of the molecule is CCOCC1CCC(COCCC(N)=O)CC1. The normalized spacial score (nSPS) is 24.8. The van der Waals surface area contributed by atoms with E-state index in [1.54, 1.807) is 0 Å². The maximum atomic E-state index is 10.5. The quantitative estimate of drug-likeness (QED) is 0.660. The average Bonchev–Trinajstić information content (AvgIpc) is 2.33. The first-order valence-electron chi connectivity index (χ1n) is 6.66. The summed E-state index contributed by atoms with van der Waals surface area (Å²) in [5, 5.41) is 0. The lowest BCUT2D eigenvalue weighted by Gasteiger charge is -2.28. The first-order chi connectivity index (χ1) is 8.22. The van der Waals surface area contributed by atoms with E-state index in [2.05, 4.69) is 0 Å². The first kappa shape index (κ1) is 14.5. The lowest BCUT2D eigenvalue weighted by molar-refractivity contribution is -0.119. The van der Waals surface area contributed by atoms with Crippen molar-refractivity contribution in [1.29, 1.82) is 0 Å². The van der Waals surface area contributed by atoms with Gasteiger partial charge in [-0.1, -0.05) is 0 Å². The van der Waals surface area contributed by atoms with Gasteiger partial charge in [-0.2, -0.15) is 0 Å². The van der Waals surface area contributed by atoms with Crippen LogP contribution >= 0.6 is 0 Å². The van der Waals surface area contributed by atoms with Crippen LogP contribution in [0.4, 0.5) is 0 Å². The summed E-state index contributed by atoms with van der Waals surface area (Å²) in [7, 11) is 0. The predicted molar refractivity (Wildman–Crippen MR) is 66.6 cm³/mol. The molecule has 0 atom stereocenters. The summed E-state index contributed by atoms with van der Waals surface area (Å²) in [5.74, 6) is 1.10. The van der Waals surface area contributed by atoms with Crippen LogP contribution in [-0.4, -0.2) is 32.3 Å². The van der Waals surface area contributed by atoms with Gasteiger partial charge in [-0.3, -0.25) is 4.79 Å². The van der Waals surface area contributed by atoms with Gasteiger partial charge in [0.25, 0.3) is 0 Å². The largest absolute Gasteiger partial charge is 0.381 e. The summed E-state index contributed by atoms with van der Waals surface area (Å²) in [5.41, 5.74) is 5.04. The third kappa shape index (κ3) is 6.64. The fraction of sp³-hybridized carbons (Fsp3) is 0.923. The molecule has 0 spiro atoms. The molecule has 0 aromatic rings. The van der Waals surface area contributed by atoms with E-state index in [0.717, 1.165) is 25.7 Å². The molecule has 4 nitrogen and oxygen atoms in total. The van der Waals surface area contributed by atoms with Crippen LogP contribution in [0.15, 0.2) is 0 Å². The Morgan fingerprint density at radius 3 is 2.12 bits per heavy atom. The van der Waals surface area contributed by atoms with Gasteiger partial charge in [0.1, 0.15) is 0 Å². The second-order valence-corrected chi connectivity index (χ2v) is 4.84. The van der Waals surface area contributed by atoms with Gasteiger partial charge in [0.2, 0.25) is 5.91 Å². The number of nitrogens with two attached hydrogens (primary N) is 1. The molecule has 0 bridgehead atoms. The van der Waals surface area contributed by atoms with E-state index >= 15 is 0 Å². The van der Waals surface area contributed by atoms with Crippen LogP contribution in [0.25, 0.3) is 0 Å². The molecular formula is C13H25NO3. The number of amides is 1. The Labute approximate surface area is 104 Å². The lowest BCUT2D eigenvalue weighted by atomic mass is 9.83. The number of hydrogen-bond donors (Lipinski definition) is 1.